The summed E-state index contributed by atoms with van der Waals surface area (Å²) in [7, 11) is -1.10. The van der Waals surface area contributed by atoms with Crippen LogP contribution in [0.3, 0.4) is 0 Å². The van der Waals surface area contributed by atoms with Gasteiger partial charge < -0.3 is 0 Å². The fraction of sp³-hybridized carbons (Fsp3) is 0.571. The summed E-state index contributed by atoms with van der Waals surface area (Å²) in [6.07, 6.45) is 15.1. The molecule has 1 aromatic rings. The highest BCUT2D eigenvalue weighted by molar-refractivity contribution is 9.07. The third-order valence-corrected chi connectivity index (χ3v) is 15.7. The molecule has 0 amide bonds. The summed E-state index contributed by atoms with van der Waals surface area (Å²) in [4.78, 5) is 1.58. The van der Waals surface area contributed by atoms with Crippen molar-refractivity contribution >= 4 is 18.1 Å². The van der Waals surface area contributed by atoms with Gasteiger partial charge in [-0.15, -0.1) is 0 Å². The lowest BCUT2D eigenvalue weighted by atomic mass is 10.1. The van der Waals surface area contributed by atoms with Crippen molar-refractivity contribution in [3.63, 3.8) is 0 Å². The molecule has 2 heteroatoms. The lowest BCUT2D eigenvalue weighted by molar-refractivity contribution is 1.12. The largest absolute Gasteiger partial charge is 0.215 e. The van der Waals surface area contributed by atoms with Crippen LogP contribution in [0.4, 0.5) is 0 Å². The summed E-state index contributed by atoms with van der Waals surface area (Å²) in [5.41, 5.74) is 1.56. The van der Waals surface area contributed by atoms with Crippen molar-refractivity contribution in [3.8, 4) is 0 Å². The number of rotatable bonds is 3. The highest BCUT2D eigenvalue weighted by Gasteiger charge is 2.27. The Morgan fingerprint density at radius 1 is 0.875 bits per heavy atom. The molecule has 0 aromatic heterocycles. The second-order valence-electron chi connectivity index (χ2n) is 5.80. The van der Waals surface area contributed by atoms with E-state index in [9.17, 15) is 0 Å². The van der Waals surface area contributed by atoms with Crippen molar-refractivity contribution in [3.05, 3.63) is 29.8 Å². The van der Waals surface area contributed by atoms with Crippen LogP contribution in [0.2, 0.25) is 0 Å². The van der Waals surface area contributed by atoms with Gasteiger partial charge in [0.1, 0.15) is 0 Å². The molecule has 1 saturated carbocycles. The zero-order valence-electron chi connectivity index (χ0n) is 11.1. The van der Waals surface area contributed by atoms with Crippen LogP contribution in [0.15, 0.2) is 29.2 Å². The molecule has 0 nitrogen and oxygen atoms in total. The average molecular weight is 256 g/mol. The molecule has 0 heterocycles. The van der Waals surface area contributed by atoms with Gasteiger partial charge >= 0.3 is 0 Å². The van der Waals surface area contributed by atoms with Gasteiger partial charge in [0.2, 0.25) is 0 Å². The molecule has 0 N–H and O–H groups in total. The van der Waals surface area contributed by atoms with Gasteiger partial charge in [0.05, 0.1) is 0 Å². The fourth-order valence-corrected chi connectivity index (χ4v) is 5.21. The Morgan fingerprint density at radius 2 is 1.38 bits per heavy atom. The molecular weight excluding hydrogens is 232 g/mol. The molecule has 1 aromatic carbocycles. The maximum Gasteiger partial charge on any atom is -0.00294 e. The zero-order chi connectivity index (χ0) is 12.0. The van der Waals surface area contributed by atoms with Crippen LogP contribution in [-0.2, 0) is 0 Å². The average Bonchev–Trinajstić information content (AvgIpc) is 2.99. The first-order valence-electron chi connectivity index (χ1n) is 5.84. The molecule has 2 rings (SSSR count). The van der Waals surface area contributed by atoms with Crippen LogP contribution in [0, 0.1) is 0 Å². The summed E-state index contributed by atoms with van der Waals surface area (Å²) in [6, 6.07) is 9.52. The quantitative estimate of drug-likeness (QED) is 0.694. The lowest BCUT2D eigenvalue weighted by Crippen LogP contribution is -2.05. The molecule has 0 saturated heterocycles. The molecule has 92 valence electrons. The first kappa shape index (κ1) is 12.4. The first-order chi connectivity index (χ1) is 7.32. The topological polar surface area (TPSA) is 0 Å². The Hall–Kier alpha value is -0.0800. The highest BCUT2D eigenvalue weighted by atomic mass is 33.2. The van der Waals surface area contributed by atoms with E-state index in [0.29, 0.717) is 0 Å². The van der Waals surface area contributed by atoms with E-state index in [1.54, 1.807) is 10.5 Å². The summed E-state index contributed by atoms with van der Waals surface area (Å²) in [6.45, 7) is 0. The molecule has 1 fully saturated rings. The van der Waals surface area contributed by atoms with E-state index >= 15 is 0 Å². The molecule has 0 bridgehead atoms. The number of hydrogen-bond donors (Lipinski definition) is 0. The Labute approximate surface area is 103 Å². The second kappa shape index (κ2) is 3.99. The maximum atomic E-state index is 2.47. The fourth-order valence-electron chi connectivity index (χ4n) is 1.77. The minimum Gasteiger partial charge on any atom is -0.215 e. The monoisotopic (exact) mass is 256 g/mol. The van der Waals surface area contributed by atoms with Crippen LogP contribution in [0.5, 0.6) is 0 Å². The Balaban J connectivity index is 2.26. The Bertz CT molecular complexity index is 367. The summed E-state index contributed by atoms with van der Waals surface area (Å²) < 4.78 is 0. The third-order valence-electron chi connectivity index (χ3n) is 3.75. The summed E-state index contributed by atoms with van der Waals surface area (Å²) in [5, 5.41) is 0. The van der Waals surface area contributed by atoms with Crippen LogP contribution in [0.25, 0.3) is 0 Å². The second-order valence-corrected chi connectivity index (χ2v) is 17.7. The Morgan fingerprint density at radius 3 is 1.75 bits per heavy atom. The van der Waals surface area contributed by atoms with E-state index in [2.05, 4.69) is 55.5 Å². The van der Waals surface area contributed by atoms with Gasteiger partial charge in [-0.1, -0.05) is 12.1 Å². The molecule has 0 unspecified atom stereocenters. The number of benzene rings is 1. The SMILES string of the molecule is CS(C)(C)S(C)(C)c1ccc(C2CC2)cc1. The molecule has 1 aliphatic carbocycles. The van der Waals surface area contributed by atoms with Crippen molar-refractivity contribution in [2.24, 2.45) is 0 Å². The van der Waals surface area contributed by atoms with E-state index in [-0.39, 0.29) is 0 Å². The summed E-state index contributed by atoms with van der Waals surface area (Å²) in [5.74, 6) is 0.883. The van der Waals surface area contributed by atoms with Gasteiger partial charge in [0, 0.05) is 0 Å². The molecule has 1 aliphatic rings. The van der Waals surface area contributed by atoms with E-state index in [4.69, 9.17) is 0 Å². The minimum absolute atomic E-state index is 0.490. The van der Waals surface area contributed by atoms with Crippen LogP contribution >= 0.6 is 18.1 Å². The standard InChI is InChI=1S/C14H24S2/c1-15(2,3)16(4,5)14-10-8-13(9-11-14)12-6-7-12/h8-12H,6-7H2,1-5H3. The predicted octanol–water partition coefficient (Wildman–Crippen LogP) is 4.60. The van der Waals surface area contributed by atoms with Crippen molar-refractivity contribution in [2.45, 2.75) is 23.7 Å². The third kappa shape index (κ3) is 2.28. The van der Waals surface area contributed by atoms with Crippen molar-refractivity contribution < 1.29 is 0 Å². The number of hydrogen-bond acceptors (Lipinski definition) is 0. The van der Waals surface area contributed by atoms with Gasteiger partial charge in [0.15, 0.2) is 0 Å². The van der Waals surface area contributed by atoms with Crippen LogP contribution in [0.1, 0.15) is 24.3 Å². The Kier molecular flexibility index (Phi) is 3.09. The van der Waals surface area contributed by atoms with E-state index in [1.807, 2.05) is 0 Å². The normalized spacial score (nSPS) is 19.6. The van der Waals surface area contributed by atoms with Crippen LogP contribution < -0.4 is 0 Å². The predicted molar refractivity (Wildman–Crippen MR) is 81.5 cm³/mol. The summed E-state index contributed by atoms with van der Waals surface area (Å²) >= 11 is 0. The van der Waals surface area contributed by atoms with Crippen molar-refractivity contribution in [2.75, 3.05) is 31.3 Å². The van der Waals surface area contributed by atoms with Crippen molar-refractivity contribution in [1.29, 1.82) is 0 Å². The maximum absolute atomic E-state index is 2.47. The van der Waals surface area contributed by atoms with E-state index < -0.39 is 18.1 Å². The molecule has 0 atom stereocenters. The molecule has 16 heavy (non-hydrogen) atoms. The van der Waals surface area contributed by atoms with Gasteiger partial charge in [0.25, 0.3) is 0 Å². The molecular formula is C14H24S2. The molecule has 0 aliphatic heterocycles. The van der Waals surface area contributed by atoms with E-state index in [0.717, 1.165) is 5.92 Å². The van der Waals surface area contributed by atoms with Crippen LogP contribution in [-0.4, -0.2) is 31.3 Å². The first-order valence-corrected chi connectivity index (χ1v) is 11.7. The molecule has 0 spiro atoms. The van der Waals surface area contributed by atoms with Gasteiger partial charge in [-0.2, -0.15) is 9.06 Å². The lowest BCUT2D eigenvalue weighted by Gasteiger charge is -2.49. The van der Waals surface area contributed by atoms with Gasteiger partial charge in [-0.25, -0.2) is 9.06 Å². The highest BCUT2D eigenvalue weighted by Crippen LogP contribution is 2.76. The van der Waals surface area contributed by atoms with Gasteiger partial charge in [-0.05, 0) is 72.6 Å². The molecule has 0 radical (unpaired) electrons. The minimum atomic E-state index is -0.615. The van der Waals surface area contributed by atoms with Crippen molar-refractivity contribution in [1.82, 2.24) is 0 Å². The zero-order valence-corrected chi connectivity index (χ0v) is 12.8. The smallest absolute Gasteiger partial charge is 0.00294 e. The van der Waals surface area contributed by atoms with Gasteiger partial charge in [-0.3, -0.25) is 0 Å². The van der Waals surface area contributed by atoms with E-state index in [1.165, 1.54) is 12.8 Å².